The zero-order valence-electron chi connectivity index (χ0n) is 10.6. The van der Waals surface area contributed by atoms with Crippen LogP contribution in [0.25, 0.3) is 6.08 Å². The fourth-order valence-electron chi connectivity index (χ4n) is 1.57. The van der Waals surface area contributed by atoms with E-state index >= 15 is 0 Å². The van der Waals surface area contributed by atoms with Gasteiger partial charge in [0.05, 0.1) is 12.7 Å². The Morgan fingerprint density at radius 1 is 1.47 bits per heavy atom. The molecule has 0 amide bonds. The van der Waals surface area contributed by atoms with Gasteiger partial charge < -0.3 is 4.74 Å². The van der Waals surface area contributed by atoms with Gasteiger partial charge in [-0.2, -0.15) is 0 Å². The van der Waals surface area contributed by atoms with E-state index in [1.807, 2.05) is 19.1 Å². The van der Waals surface area contributed by atoms with Crippen molar-refractivity contribution in [2.75, 3.05) is 7.11 Å². The summed E-state index contributed by atoms with van der Waals surface area (Å²) in [6.45, 7) is 6.15. The lowest BCUT2D eigenvalue weighted by Crippen LogP contribution is -2.05. The van der Waals surface area contributed by atoms with Crippen LogP contribution < -0.4 is 0 Å². The van der Waals surface area contributed by atoms with Crippen LogP contribution in [-0.4, -0.2) is 13.1 Å². The second-order valence-corrected chi connectivity index (χ2v) is 4.94. The molecule has 0 spiro atoms. The summed E-state index contributed by atoms with van der Waals surface area (Å²) in [7, 11) is 1.40. The van der Waals surface area contributed by atoms with E-state index < -0.39 is 0 Å². The smallest absolute Gasteiger partial charge is 0.338 e. The highest BCUT2D eigenvalue weighted by Gasteiger charge is 2.13. The predicted molar refractivity (Wildman–Crippen MR) is 74.2 cm³/mol. The van der Waals surface area contributed by atoms with E-state index in [1.54, 1.807) is 6.07 Å². The molecule has 3 heteroatoms. The predicted octanol–water partition coefficient (Wildman–Crippen LogP) is 4.36. The molecule has 0 aliphatic rings. The van der Waals surface area contributed by atoms with Gasteiger partial charge >= 0.3 is 5.97 Å². The molecule has 0 aliphatic carbocycles. The number of benzene rings is 1. The number of ether oxygens (including phenoxy) is 1. The number of aryl methyl sites for hydroxylation is 1. The summed E-state index contributed by atoms with van der Waals surface area (Å²) < 4.78 is 5.70. The molecular formula is C14H17BrO2. The summed E-state index contributed by atoms with van der Waals surface area (Å²) >= 11 is 3.40. The molecule has 92 valence electrons. The number of allylic oxidation sites excluding steroid dienone is 1. The van der Waals surface area contributed by atoms with Crippen molar-refractivity contribution in [2.24, 2.45) is 0 Å². The molecule has 1 rings (SSSR count). The number of rotatable bonds is 3. The molecule has 0 heterocycles. The summed E-state index contributed by atoms with van der Waals surface area (Å²) in [6, 6.07) is 3.80. The van der Waals surface area contributed by atoms with Crippen molar-refractivity contribution >= 4 is 28.0 Å². The van der Waals surface area contributed by atoms with Gasteiger partial charge in [0.1, 0.15) is 0 Å². The highest BCUT2D eigenvalue weighted by Crippen LogP contribution is 2.24. The van der Waals surface area contributed by atoms with Crippen LogP contribution in [0, 0.1) is 6.92 Å². The molecule has 0 unspecified atom stereocenters. The van der Waals surface area contributed by atoms with E-state index in [4.69, 9.17) is 4.74 Å². The Morgan fingerprint density at radius 2 is 2.12 bits per heavy atom. The van der Waals surface area contributed by atoms with E-state index in [9.17, 15) is 4.79 Å². The first kappa shape index (κ1) is 14.0. The number of hydrogen-bond donors (Lipinski definition) is 0. The van der Waals surface area contributed by atoms with Crippen LogP contribution in [0.15, 0.2) is 22.2 Å². The van der Waals surface area contributed by atoms with Crippen molar-refractivity contribution in [3.8, 4) is 0 Å². The molecule has 0 fully saturated rings. The molecule has 0 radical (unpaired) electrons. The van der Waals surface area contributed by atoms with Gasteiger partial charge in [-0.05, 0) is 43.5 Å². The molecule has 17 heavy (non-hydrogen) atoms. The molecule has 0 atom stereocenters. The van der Waals surface area contributed by atoms with Crippen molar-refractivity contribution in [1.82, 2.24) is 0 Å². The Hall–Kier alpha value is -1.09. The summed E-state index contributed by atoms with van der Waals surface area (Å²) in [6.07, 6.45) is 3.02. The Balaban J connectivity index is 3.40. The van der Waals surface area contributed by atoms with Crippen molar-refractivity contribution in [3.05, 3.63) is 38.9 Å². The van der Waals surface area contributed by atoms with Crippen LogP contribution >= 0.6 is 15.9 Å². The number of carbonyl (C=O) groups is 1. The van der Waals surface area contributed by atoms with Crippen LogP contribution in [0.3, 0.4) is 0 Å². The quantitative estimate of drug-likeness (QED) is 0.775. The second-order valence-electron chi connectivity index (χ2n) is 4.02. The zero-order valence-corrected chi connectivity index (χ0v) is 12.2. The molecular weight excluding hydrogens is 280 g/mol. The summed E-state index contributed by atoms with van der Waals surface area (Å²) in [5.41, 5.74) is 3.85. The molecule has 0 aliphatic heterocycles. The number of esters is 1. The van der Waals surface area contributed by atoms with Gasteiger partial charge in [0.15, 0.2) is 0 Å². The van der Waals surface area contributed by atoms with Crippen LogP contribution in [0.2, 0.25) is 0 Å². The Morgan fingerprint density at radius 3 is 2.65 bits per heavy atom. The van der Waals surface area contributed by atoms with E-state index in [0.717, 1.165) is 22.0 Å². The Labute approximate surface area is 111 Å². The van der Waals surface area contributed by atoms with E-state index in [0.29, 0.717) is 5.56 Å². The third-order valence-corrected chi connectivity index (χ3v) is 3.16. The fourth-order valence-corrected chi connectivity index (χ4v) is 2.15. The lowest BCUT2D eigenvalue weighted by Gasteiger charge is -2.10. The minimum absolute atomic E-state index is 0.301. The maximum atomic E-state index is 11.7. The SMILES string of the molecule is CC/C(C)=C/c1c(C)cc(Br)cc1C(=O)OC. The molecule has 1 aromatic rings. The number of hydrogen-bond acceptors (Lipinski definition) is 2. The minimum Gasteiger partial charge on any atom is -0.465 e. The lowest BCUT2D eigenvalue weighted by molar-refractivity contribution is 0.0600. The van der Waals surface area contributed by atoms with Crippen LogP contribution in [0.1, 0.15) is 41.8 Å². The Bertz CT molecular complexity index is 462. The zero-order chi connectivity index (χ0) is 13.0. The molecule has 0 N–H and O–H groups in total. The van der Waals surface area contributed by atoms with E-state index in [1.165, 1.54) is 12.7 Å². The van der Waals surface area contributed by atoms with Crippen molar-refractivity contribution in [1.29, 1.82) is 0 Å². The fraction of sp³-hybridized carbons (Fsp3) is 0.357. The summed E-state index contributed by atoms with van der Waals surface area (Å²) in [4.78, 5) is 11.7. The first-order valence-electron chi connectivity index (χ1n) is 5.55. The van der Waals surface area contributed by atoms with Crippen LogP contribution in [0.4, 0.5) is 0 Å². The average Bonchev–Trinajstić information content (AvgIpc) is 2.30. The first-order chi connectivity index (χ1) is 7.99. The maximum absolute atomic E-state index is 11.7. The van der Waals surface area contributed by atoms with Gasteiger partial charge in [0, 0.05) is 4.47 Å². The van der Waals surface area contributed by atoms with Crippen LogP contribution in [-0.2, 0) is 4.74 Å². The molecule has 0 saturated heterocycles. The molecule has 2 nitrogen and oxygen atoms in total. The molecule has 0 saturated carbocycles. The third kappa shape index (κ3) is 3.43. The molecule has 0 aromatic heterocycles. The van der Waals surface area contributed by atoms with Gasteiger partial charge in [-0.1, -0.05) is 34.5 Å². The monoisotopic (exact) mass is 296 g/mol. The van der Waals surface area contributed by atoms with Gasteiger partial charge in [-0.25, -0.2) is 4.79 Å². The highest BCUT2D eigenvalue weighted by atomic mass is 79.9. The second kappa shape index (κ2) is 6.01. The van der Waals surface area contributed by atoms with E-state index in [2.05, 4.69) is 29.8 Å². The molecule has 1 aromatic carbocycles. The number of methoxy groups -OCH3 is 1. The van der Waals surface area contributed by atoms with Gasteiger partial charge in [-0.3, -0.25) is 0 Å². The van der Waals surface area contributed by atoms with Gasteiger partial charge in [-0.15, -0.1) is 0 Å². The largest absolute Gasteiger partial charge is 0.465 e. The minimum atomic E-state index is -0.301. The van der Waals surface area contributed by atoms with Gasteiger partial charge in [0.25, 0.3) is 0 Å². The van der Waals surface area contributed by atoms with Crippen LogP contribution in [0.5, 0.6) is 0 Å². The standard InChI is InChI=1S/C14H17BrO2/c1-5-9(2)6-12-10(3)7-11(15)8-13(12)14(16)17-4/h6-8H,5H2,1-4H3/b9-6+. The van der Waals surface area contributed by atoms with Crippen molar-refractivity contribution in [3.63, 3.8) is 0 Å². The first-order valence-corrected chi connectivity index (χ1v) is 6.34. The summed E-state index contributed by atoms with van der Waals surface area (Å²) in [5.74, 6) is -0.301. The Kier molecular flexibility index (Phi) is 4.94. The summed E-state index contributed by atoms with van der Waals surface area (Å²) in [5, 5.41) is 0. The topological polar surface area (TPSA) is 26.3 Å². The average molecular weight is 297 g/mol. The third-order valence-electron chi connectivity index (χ3n) is 2.71. The molecule has 0 bridgehead atoms. The number of halogens is 1. The maximum Gasteiger partial charge on any atom is 0.338 e. The lowest BCUT2D eigenvalue weighted by atomic mass is 9.99. The highest BCUT2D eigenvalue weighted by molar-refractivity contribution is 9.10. The van der Waals surface area contributed by atoms with Crippen molar-refractivity contribution in [2.45, 2.75) is 27.2 Å². The van der Waals surface area contributed by atoms with E-state index in [-0.39, 0.29) is 5.97 Å². The number of carbonyl (C=O) groups excluding carboxylic acids is 1. The normalized spacial score (nSPS) is 11.5. The van der Waals surface area contributed by atoms with Gasteiger partial charge in [0.2, 0.25) is 0 Å². The van der Waals surface area contributed by atoms with Crippen molar-refractivity contribution < 1.29 is 9.53 Å².